The maximum absolute atomic E-state index is 12.5. The Balaban J connectivity index is 2.17. The van der Waals surface area contributed by atoms with Crippen LogP contribution in [0.3, 0.4) is 0 Å². The molecule has 1 aromatic carbocycles. The summed E-state index contributed by atoms with van der Waals surface area (Å²) in [5, 5.41) is 12.7. The Kier molecular flexibility index (Phi) is 5.67. The van der Waals surface area contributed by atoms with Crippen molar-refractivity contribution in [2.24, 2.45) is 5.41 Å². The molecule has 0 aliphatic heterocycles. The molecule has 2 rings (SSSR count). The van der Waals surface area contributed by atoms with Crippen LogP contribution in [0.4, 0.5) is 0 Å². The normalized spacial score (nSPS) is 12.7. The van der Waals surface area contributed by atoms with Crippen LogP contribution in [0.2, 0.25) is 0 Å². The molecule has 0 radical (unpaired) electrons. The molecule has 0 fully saturated rings. The molecule has 1 amide bonds. The number of benzene rings is 1. The summed E-state index contributed by atoms with van der Waals surface area (Å²) in [5.41, 5.74) is 1.88. The van der Waals surface area contributed by atoms with Crippen LogP contribution in [0.5, 0.6) is 0 Å². The Morgan fingerprint density at radius 1 is 1.25 bits per heavy atom. The van der Waals surface area contributed by atoms with Gasteiger partial charge in [-0.25, -0.2) is 9.97 Å². The van der Waals surface area contributed by atoms with Gasteiger partial charge in [0.15, 0.2) is 0 Å². The molecule has 2 aromatic rings. The molecule has 128 valence electrons. The molecule has 5 nitrogen and oxygen atoms in total. The van der Waals surface area contributed by atoms with E-state index in [1.54, 1.807) is 20.0 Å². The van der Waals surface area contributed by atoms with Crippen molar-refractivity contribution in [2.45, 2.75) is 33.6 Å². The molecule has 1 unspecified atom stereocenters. The molecule has 0 saturated heterocycles. The molecule has 1 atom stereocenters. The molecule has 0 bridgehead atoms. The summed E-state index contributed by atoms with van der Waals surface area (Å²) in [5.74, 6) is 0.453. The number of amides is 1. The first kappa shape index (κ1) is 18.1. The molecule has 2 N–H and O–H groups in total. The highest BCUT2D eigenvalue weighted by atomic mass is 16.3. The lowest BCUT2D eigenvalue weighted by molar-refractivity contribution is 0.0918. The quantitative estimate of drug-likeness (QED) is 0.855. The molecule has 1 heterocycles. The van der Waals surface area contributed by atoms with Crippen molar-refractivity contribution in [1.29, 1.82) is 0 Å². The fraction of sp³-hybridized carbons (Fsp3) is 0.421. The molecule has 0 saturated carbocycles. The van der Waals surface area contributed by atoms with Gasteiger partial charge in [0.05, 0.1) is 11.3 Å². The highest BCUT2D eigenvalue weighted by Crippen LogP contribution is 2.34. The van der Waals surface area contributed by atoms with Gasteiger partial charge in [0.1, 0.15) is 5.82 Å². The second-order valence-corrected chi connectivity index (χ2v) is 6.74. The van der Waals surface area contributed by atoms with E-state index in [1.165, 1.54) is 0 Å². The SMILES string of the molecule is Cc1ncc(C(=O)NCC(c2ccccc2)C(C)(C)CO)c(C)n1. The van der Waals surface area contributed by atoms with Crippen LogP contribution in [0.25, 0.3) is 0 Å². The van der Waals surface area contributed by atoms with Crippen LogP contribution in [0.15, 0.2) is 36.5 Å². The lowest BCUT2D eigenvalue weighted by Crippen LogP contribution is -2.37. The Hall–Kier alpha value is -2.27. The summed E-state index contributed by atoms with van der Waals surface area (Å²) in [7, 11) is 0. The van der Waals surface area contributed by atoms with Crippen LogP contribution in [-0.2, 0) is 0 Å². The Labute approximate surface area is 143 Å². The van der Waals surface area contributed by atoms with Crippen molar-refractivity contribution in [3.05, 3.63) is 59.2 Å². The largest absolute Gasteiger partial charge is 0.396 e. The number of rotatable bonds is 6. The molecule has 1 aromatic heterocycles. The molecular formula is C19H25N3O2. The minimum atomic E-state index is -0.354. The monoisotopic (exact) mass is 327 g/mol. The van der Waals surface area contributed by atoms with Gasteiger partial charge in [-0.15, -0.1) is 0 Å². The zero-order valence-electron chi connectivity index (χ0n) is 14.7. The Bertz CT molecular complexity index is 699. The maximum atomic E-state index is 12.5. The maximum Gasteiger partial charge on any atom is 0.254 e. The molecule has 5 heteroatoms. The number of hydrogen-bond acceptors (Lipinski definition) is 4. The number of carbonyl (C=O) groups is 1. The summed E-state index contributed by atoms with van der Waals surface area (Å²) in [6.07, 6.45) is 1.56. The highest BCUT2D eigenvalue weighted by Gasteiger charge is 2.30. The van der Waals surface area contributed by atoms with Gasteiger partial charge in [0.25, 0.3) is 5.91 Å². The van der Waals surface area contributed by atoms with E-state index in [1.807, 2.05) is 44.2 Å². The molecule has 0 aliphatic rings. The highest BCUT2D eigenvalue weighted by molar-refractivity contribution is 5.94. The Morgan fingerprint density at radius 3 is 2.50 bits per heavy atom. The van der Waals surface area contributed by atoms with Crippen molar-refractivity contribution in [3.8, 4) is 0 Å². The summed E-state index contributed by atoms with van der Waals surface area (Å²) in [4.78, 5) is 20.8. The van der Waals surface area contributed by atoms with Crippen molar-refractivity contribution < 1.29 is 9.90 Å². The van der Waals surface area contributed by atoms with Gasteiger partial charge in [-0.2, -0.15) is 0 Å². The minimum Gasteiger partial charge on any atom is -0.396 e. The van der Waals surface area contributed by atoms with Crippen molar-refractivity contribution in [2.75, 3.05) is 13.2 Å². The number of nitrogens with one attached hydrogen (secondary N) is 1. The predicted octanol–water partition coefficient (Wildman–Crippen LogP) is 2.63. The first-order chi connectivity index (χ1) is 11.3. The summed E-state index contributed by atoms with van der Waals surface area (Å²) in [6.45, 7) is 8.06. The van der Waals surface area contributed by atoms with Crippen molar-refractivity contribution >= 4 is 5.91 Å². The predicted molar refractivity (Wildman–Crippen MR) is 93.9 cm³/mol. The lowest BCUT2D eigenvalue weighted by Gasteiger charge is -2.33. The number of carbonyl (C=O) groups excluding carboxylic acids is 1. The van der Waals surface area contributed by atoms with E-state index in [0.29, 0.717) is 23.6 Å². The van der Waals surface area contributed by atoms with Gasteiger partial charge < -0.3 is 10.4 Å². The number of aryl methyl sites for hydroxylation is 2. The van der Waals surface area contributed by atoms with E-state index in [-0.39, 0.29) is 23.8 Å². The van der Waals surface area contributed by atoms with Crippen LogP contribution in [0.1, 0.15) is 47.2 Å². The standard InChI is InChI=1S/C19H25N3O2/c1-13-16(10-20-14(2)22-13)18(24)21-11-17(19(3,4)12-23)15-8-6-5-7-9-15/h5-10,17,23H,11-12H2,1-4H3,(H,21,24). The van der Waals surface area contributed by atoms with Crippen molar-refractivity contribution in [3.63, 3.8) is 0 Å². The van der Waals surface area contributed by atoms with Gasteiger partial charge in [0, 0.05) is 25.3 Å². The number of aliphatic hydroxyl groups excluding tert-OH is 1. The van der Waals surface area contributed by atoms with Crippen LogP contribution in [0, 0.1) is 19.3 Å². The average Bonchev–Trinajstić information content (AvgIpc) is 2.55. The van der Waals surface area contributed by atoms with Gasteiger partial charge in [0.2, 0.25) is 0 Å². The van der Waals surface area contributed by atoms with Gasteiger partial charge in [-0.1, -0.05) is 44.2 Å². The van der Waals surface area contributed by atoms with E-state index in [9.17, 15) is 9.90 Å². The van der Waals surface area contributed by atoms with E-state index in [2.05, 4.69) is 15.3 Å². The van der Waals surface area contributed by atoms with Crippen molar-refractivity contribution in [1.82, 2.24) is 15.3 Å². The van der Waals surface area contributed by atoms with E-state index in [0.717, 1.165) is 5.56 Å². The first-order valence-electron chi connectivity index (χ1n) is 8.09. The second-order valence-electron chi connectivity index (χ2n) is 6.74. The van der Waals surface area contributed by atoms with Gasteiger partial charge in [-0.05, 0) is 24.8 Å². The minimum absolute atomic E-state index is 0.000627. The van der Waals surface area contributed by atoms with Crippen LogP contribution in [-0.4, -0.2) is 34.1 Å². The number of nitrogens with zero attached hydrogens (tertiary/aromatic N) is 2. The third kappa shape index (κ3) is 4.17. The van der Waals surface area contributed by atoms with Gasteiger partial charge >= 0.3 is 0 Å². The van der Waals surface area contributed by atoms with Crippen LogP contribution < -0.4 is 5.32 Å². The zero-order valence-corrected chi connectivity index (χ0v) is 14.7. The summed E-state index contributed by atoms with van der Waals surface area (Å²) >= 11 is 0. The summed E-state index contributed by atoms with van der Waals surface area (Å²) in [6, 6.07) is 9.94. The van der Waals surface area contributed by atoms with Gasteiger partial charge in [-0.3, -0.25) is 4.79 Å². The molecule has 0 spiro atoms. The van der Waals surface area contributed by atoms with Crippen LogP contribution >= 0.6 is 0 Å². The average molecular weight is 327 g/mol. The first-order valence-corrected chi connectivity index (χ1v) is 8.09. The fourth-order valence-corrected chi connectivity index (χ4v) is 2.74. The number of hydrogen-bond donors (Lipinski definition) is 2. The number of aromatic nitrogens is 2. The molecule has 0 aliphatic carbocycles. The second kappa shape index (κ2) is 7.53. The fourth-order valence-electron chi connectivity index (χ4n) is 2.74. The topological polar surface area (TPSA) is 75.1 Å². The lowest BCUT2D eigenvalue weighted by atomic mass is 9.75. The Morgan fingerprint density at radius 2 is 1.92 bits per heavy atom. The zero-order chi connectivity index (χ0) is 17.7. The smallest absolute Gasteiger partial charge is 0.254 e. The summed E-state index contributed by atoms with van der Waals surface area (Å²) < 4.78 is 0. The van der Waals surface area contributed by atoms with E-state index >= 15 is 0 Å². The van der Waals surface area contributed by atoms with E-state index < -0.39 is 0 Å². The molecular weight excluding hydrogens is 302 g/mol. The number of aliphatic hydroxyl groups is 1. The third-order valence-corrected chi connectivity index (χ3v) is 4.36. The van der Waals surface area contributed by atoms with E-state index in [4.69, 9.17) is 0 Å². The molecule has 24 heavy (non-hydrogen) atoms. The third-order valence-electron chi connectivity index (χ3n) is 4.36.